The number of benzene rings is 1. The van der Waals surface area contributed by atoms with Gasteiger partial charge in [-0.3, -0.25) is 9.59 Å². The van der Waals surface area contributed by atoms with Gasteiger partial charge in [-0.15, -0.1) is 0 Å². The Kier molecular flexibility index (Phi) is 5.99. The molecule has 0 bridgehead atoms. The minimum Gasteiger partial charge on any atom is -0.491 e. The van der Waals surface area contributed by atoms with E-state index in [1.165, 1.54) is 6.92 Å². The minimum atomic E-state index is -0.784. The molecule has 6 heteroatoms. The summed E-state index contributed by atoms with van der Waals surface area (Å²) in [5.41, 5.74) is 0.498. The second-order valence-corrected chi connectivity index (χ2v) is 4.70. The molecule has 20 heavy (non-hydrogen) atoms. The molecule has 1 aromatic carbocycles. The van der Waals surface area contributed by atoms with Gasteiger partial charge in [-0.1, -0.05) is 0 Å². The third kappa shape index (κ3) is 5.71. The van der Waals surface area contributed by atoms with Crippen molar-refractivity contribution in [1.29, 1.82) is 0 Å². The number of carbonyl (C=O) groups is 2. The lowest BCUT2D eigenvalue weighted by atomic mass is 10.3. The predicted molar refractivity (Wildman–Crippen MR) is 75.5 cm³/mol. The van der Waals surface area contributed by atoms with Gasteiger partial charge in [-0.2, -0.15) is 0 Å². The summed E-state index contributed by atoms with van der Waals surface area (Å²) in [5, 5.41) is 13.8. The number of anilines is 1. The largest absolute Gasteiger partial charge is 0.491 e. The molecule has 6 nitrogen and oxygen atoms in total. The Morgan fingerprint density at radius 3 is 2.25 bits per heavy atom. The van der Waals surface area contributed by atoms with Gasteiger partial charge in [0.05, 0.1) is 12.2 Å². The van der Waals surface area contributed by atoms with Gasteiger partial charge in [0.1, 0.15) is 5.75 Å². The second-order valence-electron chi connectivity index (χ2n) is 4.70. The number of carbonyl (C=O) groups excluding carboxylic acids is 2. The van der Waals surface area contributed by atoms with Crippen molar-refractivity contribution in [2.45, 2.75) is 33.0 Å². The summed E-state index contributed by atoms with van der Waals surface area (Å²) in [5.74, 6) is -0.867. The maximum atomic E-state index is 11.6. The Balaban J connectivity index is 2.51. The van der Waals surface area contributed by atoms with Crippen LogP contribution in [0.3, 0.4) is 0 Å². The van der Waals surface area contributed by atoms with Crippen molar-refractivity contribution in [1.82, 2.24) is 5.32 Å². The van der Waals surface area contributed by atoms with Crippen LogP contribution in [-0.2, 0) is 9.59 Å². The van der Waals surface area contributed by atoms with Gasteiger partial charge >= 0.3 is 11.8 Å². The van der Waals surface area contributed by atoms with Crippen molar-refractivity contribution >= 4 is 17.5 Å². The van der Waals surface area contributed by atoms with E-state index in [1.807, 2.05) is 13.8 Å². The molecule has 110 valence electrons. The van der Waals surface area contributed by atoms with Gasteiger partial charge in [-0.05, 0) is 45.0 Å². The van der Waals surface area contributed by atoms with Gasteiger partial charge in [0.25, 0.3) is 0 Å². The minimum absolute atomic E-state index is 0.0351. The van der Waals surface area contributed by atoms with E-state index < -0.39 is 17.9 Å². The van der Waals surface area contributed by atoms with Crippen molar-refractivity contribution in [3.05, 3.63) is 24.3 Å². The number of amides is 2. The molecular formula is C14H20N2O4. The van der Waals surface area contributed by atoms with E-state index in [-0.39, 0.29) is 12.6 Å². The van der Waals surface area contributed by atoms with Crippen molar-refractivity contribution in [2.24, 2.45) is 0 Å². The quantitative estimate of drug-likeness (QED) is 0.700. The first-order chi connectivity index (χ1) is 9.38. The van der Waals surface area contributed by atoms with E-state index in [0.717, 1.165) is 0 Å². The average Bonchev–Trinajstić information content (AvgIpc) is 2.37. The van der Waals surface area contributed by atoms with Crippen LogP contribution in [0.1, 0.15) is 20.8 Å². The SMILES string of the molecule is CC(C)Oc1ccc(NC(=O)C(=O)NC[C@H](C)O)cc1. The zero-order valence-corrected chi connectivity index (χ0v) is 11.8. The standard InChI is InChI=1S/C14H20N2O4/c1-9(2)20-12-6-4-11(5-7-12)16-14(19)13(18)15-8-10(3)17/h4-7,9-10,17H,8H2,1-3H3,(H,15,18)(H,16,19)/t10-/m0/s1. The first-order valence-electron chi connectivity index (χ1n) is 6.42. The molecule has 0 aliphatic carbocycles. The van der Waals surface area contributed by atoms with E-state index in [4.69, 9.17) is 9.84 Å². The van der Waals surface area contributed by atoms with E-state index in [9.17, 15) is 9.59 Å². The highest BCUT2D eigenvalue weighted by molar-refractivity contribution is 6.39. The zero-order chi connectivity index (χ0) is 15.1. The molecular weight excluding hydrogens is 260 g/mol. The molecule has 0 fully saturated rings. The molecule has 2 amide bonds. The van der Waals surface area contributed by atoms with Gasteiger partial charge in [-0.25, -0.2) is 0 Å². The highest BCUT2D eigenvalue weighted by Crippen LogP contribution is 2.16. The van der Waals surface area contributed by atoms with Crippen LogP contribution in [0, 0.1) is 0 Å². The van der Waals surface area contributed by atoms with Crippen molar-refractivity contribution in [3.63, 3.8) is 0 Å². The van der Waals surface area contributed by atoms with Crippen LogP contribution in [0.25, 0.3) is 0 Å². The molecule has 0 radical (unpaired) electrons. The first kappa shape index (κ1) is 16.0. The Labute approximate surface area is 118 Å². The summed E-state index contributed by atoms with van der Waals surface area (Å²) in [6, 6.07) is 6.72. The van der Waals surface area contributed by atoms with Crippen LogP contribution >= 0.6 is 0 Å². The Morgan fingerprint density at radius 1 is 1.15 bits per heavy atom. The molecule has 3 N–H and O–H groups in total. The summed E-state index contributed by atoms with van der Waals surface area (Å²) in [7, 11) is 0. The highest BCUT2D eigenvalue weighted by Gasteiger charge is 2.13. The lowest BCUT2D eigenvalue weighted by Gasteiger charge is -2.11. The van der Waals surface area contributed by atoms with E-state index in [0.29, 0.717) is 11.4 Å². The van der Waals surface area contributed by atoms with Crippen LogP contribution < -0.4 is 15.4 Å². The molecule has 1 atom stereocenters. The Hall–Kier alpha value is -2.08. The van der Waals surface area contributed by atoms with Crippen molar-refractivity contribution in [3.8, 4) is 5.75 Å². The third-order valence-corrected chi connectivity index (χ3v) is 2.25. The number of ether oxygens (including phenoxy) is 1. The van der Waals surface area contributed by atoms with Crippen LogP contribution in [0.4, 0.5) is 5.69 Å². The number of hydrogen-bond acceptors (Lipinski definition) is 4. The van der Waals surface area contributed by atoms with Crippen molar-refractivity contribution in [2.75, 3.05) is 11.9 Å². The molecule has 0 heterocycles. The molecule has 0 unspecified atom stereocenters. The molecule has 0 aromatic heterocycles. The van der Waals surface area contributed by atoms with Gasteiger partial charge < -0.3 is 20.5 Å². The van der Waals surface area contributed by atoms with E-state index in [1.54, 1.807) is 24.3 Å². The molecule has 0 saturated heterocycles. The summed E-state index contributed by atoms with van der Waals surface area (Å²) < 4.78 is 5.47. The first-order valence-corrected chi connectivity index (χ1v) is 6.42. The zero-order valence-electron chi connectivity index (χ0n) is 11.8. The topological polar surface area (TPSA) is 87.7 Å². The maximum absolute atomic E-state index is 11.6. The molecule has 1 aromatic rings. The van der Waals surface area contributed by atoms with Crippen LogP contribution in [0.2, 0.25) is 0 Å². The summed E-state index contributed by atoms with van der Waals surface area (Å²) in [6.07, 6.45) is -0.624. The molecule has 0 spiro atoms. The molecule has 0 aliphatic heterocycles. The molecule has 0 saturated carbocycles. The van der Waals surface area contributed by atoms with Crippen LogP contribution in [0.5, 0.6) is 5.75 Å². The molecule has 1 rings (SSSR count). The van der Waals surface area contributed by atoms with Crippen LogP contribution in [0.15, 0.2) is 24.3 Å². The number of aliphatic hydroxyl groups is 1. The average molecular weight is 280 g/mol. The fourth-order valence-electron chi connectivity index (χ4n) is 1.40. The fraction of sp³-hybridized carbons (Fsp3) is 0.429. The normalized spacial score (nSPS) is 11.8. The van der Waals surface area contributed by atoms with Crippen molar-refractivity contribution < 1.29 is 19.4 Å². The molecule has 0 aliphatic rings. The van der Waals surface area contributed by atoms with Crippen LogP contribution in [-0.4, -0.2) is 35.7 Å². The third-order valence-electron chi connectivity index (χ3n) is 2.25. The van der Waals surface area contributed by atoms with Gasteiger partial charge in [0.15, 0.2) is 0 Å². The number of rotatable bonds is 5. The number of hydrogen-bond donors (Lipinski definition) is 3. The fourth-order valence-corrected chi connectivity index (χ4v) is 1.40. The summed E-state index contributed by atoms with van der Waals surface area (Å²) >= 11 is 0. The summed E-state index contributed by atoms with van der Waals surface area (Å²) in [4.78, 5) is 23.0. The van der Waals surface area contributed by atoms with Gasteiger partial charge in [0, 0.05) is 12.2 Å². The Bertz CT molecular complexity index is 455. The van der Waals surface area contributed by atoms with E-state index >= 15 is 0 Å². The Morgan fingerprint density at radius 2 is 1.75 bits per heavy atom. The number of nitrogens with one attached hydrogen (secondary N) is 2. The highest BCUT2D eigenvalue weighted by atomic mass is 16.5. The monoisotopic (exact) mass is 280 g/mol. The van der Waals surface area contributed by atoms with Gasteiger partial charge in [0.2, 0.25) is 0 Å². The van der Waals surface area contributed by atoms with E-state index in [2.05, 4.69) is 10.6 Å². The number of aliphatic hydroxyl groups excluding tert-OH is 1. The maximum Gasteiger partial charge on any atom is 0.313 e. The lowest BCUT2D eigenvalue weighted by Crippen LogP contribution is -2.38. The second kappa shape index (κ2) is 7.49. The summed E-state index contributed by atoms with van der Waals surface area (Å²) in [6.45, 7) is 5.39. The smallest absolute Gasteiger partial charge is 0.313 e. The lowest BCUT2D eigenvalue weighted by molar-refractivity contribution is -0.136. The predicted octanol–water partition coefficient (Wildman–Crippen LogP) is 0.909.